The van der Waals surface area contributed by atoms with Crippen LogP contribution in [0.25, 0.3) is 0 Å². The van der Waals surface area contributed by atoms with Crippen LogP contribution in [0.1, 0.15) is 39.3 Å². The number of carbonyl (C=O) groups excluding carboxylic acids is 1. The molecule has 0 unspecified atom stereocenters. The summed E-state index contributed by atoms with van der Waals surface area (Å²) in [4.78, 5) is 18.1. The Labute approximate surface area is 168 Å². The van der Waals surface area contributed by atoms with Gasteiger partial charge in [-0.2, -0.15) is 0 Å². The first kappa shape index (κ1) is 21.9. The number of amides is 1. The standard InChI is InChI=1S/C17H26BrN3O5S/c1-17(2,3)26-16(22)21-9-7-12(8-10-21)25-11-14-13(20-27(4,23)24)5-6-15(18)19-14/h5-6,12,20H,7-11H2,1-4H3. The van der Waals surface area contributed by atoms with Crippen molar-refractivity contribution in [1.29, 1.82) is 0 Å². The minimum Gasteiger partial charge on any atom is -0.444 e. The molecule has 10 heteroatoms. The SMILES string of the molecule is CC(C)(C)OC(=O)N1CCC(OCc2nc(Br)ccc2NS(C)(=O)=O)CC1. The summed E-state index contributed by atoms with van der Waals surface area (Å²) in [5, 5.41) is 0. The maximum atomic E-state index is 12.1. The van der Waals surface area contributed by atoms with Gasteiger partial charge in [0.15, 0.2) is 0 Å². The summed E-state index contributed by atoms with van der Waals surface area (Å²) < 4.78 is 37.3. The molecule has 1 saturated heterocycles. The molecule has 27 heavy (non-hydrogen) atoms. The molecule has 0 radical (unpaired) electrons. The molecule has 0 atom stereocenters. The molecule has 152 valence electrons. The molecule has 2 heterocycles. The van der Waals surface area contributed by atoms with Crippen molar-refractivity contribution < 1.29 is 22.7 Å². The van der Waals surface area contributed by atoms with Gasteiger partial charge in [0.25, 0.3) is 0 Å². The minimum atomic E-state index is -3.41. The average Bonchev–Trinajstić information content (AvgIpc) is 2.53. The number of sulfonamides is 1. The molecular weight excluding hydrogens is 438 g/mol. The zero-order chi connectivity index (χ0) is 20.2. The van der Waals surface area contributed by atoms with E-state index in [1.165, 1.54) is 0 Å². The van der Waals surface area contributed by atoms with Gasteiger partial charge in [0.1, 0.15) is 10.2 Å². The summed E-state index contributed by atoms with van der Waals surface area (Å²) in [6.45, 7) is 6.81. The van der Waals surface area contributed by atoms with Crippen LogP contribution in [0, 0.1) is 0 Å². The molecule has 0 spiro atoms. The molecule has 1 aromatic heterocycles. The fraction of sp³-hybridized carbons (Fsp3) is 0.647. The largest absolute Gasteiger partial charge is 0.444 e. The second-order valence-corrected chi connectivity index (χ2v) is 10.0. The second-order valence-electron chi connectivity index (χ2n) is 7.48. The van der Waals surface area contributed by atoms with Gasteiger partial charge in [-0.25, -0.2) is 18.2 Å². The maximum Gasteiger partial charge on any atom is 0.410 e. The number of nitrogens with zero attached hydrogens (tertiary/aromatic N) is 2. The van der Waals surface area contributed by atoms with E-state index in [0.717, 1.165) is 6.26 Å². The molecule has 2 rings (SSSR count). The Morgan fingerprint density at radius 2 is 1.96 bits per heavy atom. The van der Waals surface area contributed by atoms with Gasteiger partial charge in [0.2, 0.25) is 10.0 Å². The van der Waals surface area contributed by atoms with E-state index >= 15 is 0 Å². The molecule has 0 aliphatic carbocycles. The van der Waals surface area contributed by atoms with Gasteiger partial charge in [0, 0.05) is 13.1 Å². The van der Waals surface area contributed by atoms with E-state index in [4.69, 9.17) is 9.47 Å². The normalized spacial score (nSPS) is 16.3. The van der Waals surface area contributed by atoms with E-state index in [-0.39, 0.29) is 18.8 Å². The lowest BCUT2D eigenvalue weighted by molar-refractivity contribution is -0.0176. The van der Waals surface area contributed by atoms with Crippen molar-refractivity contribution in [2.75, 3.05) is 24.1 Å². The van der Waals surface area contributed by atoms with E-state index in [1.54, 1.807) is 17.0 Å². The second kappa shape index (κ2) is 8.74. The summed E-state index contributed by atoms with van der Waals surface area (Å²) in [7, 11) is -3.41. The molecule has 1 aliphatic rings. The number of aromatic nitrogens is 1. The average molecular weight is 464 g/mol. The van der Waals surface area contributed by atoms with E-state index in [1.807, 2.05) is 20.8 Å². The molecule has 1 aliphatic heterocycles. The third-order valence-electron chi connectivity index (χ3n) is 3.78. The number of hydrogen-bond acceptors (Lipinski definition) is 6. The first-order valence-corrected chi connectivity index (χ1v) is 11.3. The number of halogens is 1. The lowest BCUT2D eigenvalue weighted by Gasteiger charge is -2.33. The highest BCUT2D eigenvalue weighted by Gasteiger charge is 2.27. The van der Waals surface area contributed by atoms with Crippen LogP contribution in [0.4, 0.5) is 10.5 Å². The zero-order valence-corrected chi connectivity index (χ0v) is 18.4. The highest BCUT2D eigenvalue weighted by molar-refractivity contribution is 9.10. The van der Waals surface area contributed by atoms with Gasteiger partial charge in [0.05, 0.1) is 30.3 Å². The number of ether oxygens (including phenoxy) is 2. The number of pyridine rings is 1. The van der Waals surface area contributed by atoms with Crippen molar-refractivity contribution >= 4 is 37.7 Å². The Kier molecular flexibility index (Phi) is 7.09. The third kappa shape index (κ3) is 7.63. The van der Waals surface area contributed by atoms with Crippen molar-refractivity contribution in [3.8, 4) is 0 Å². The van der Waals surface area contributed by atoms with Crippen LogP contribution in [-0.4, -0.2) is 55.4 Å². The fourth-order valence-electron chi connectivity index (χ4n) is 2.61. The minimum absolute atomic E-state index is 0.0319. The van der Waals surface area contributed by atoms with E-state index in [9.17, 15) is 13.2 Å². The molecule has 1 N–H and O–H groups in total. The molecular formula is C17H26BrN3O5S. The van der Waals surface area contributed by atoms with Crippen LogP contribution in [0.2, 0.25) is 0 Å². The smallest absolute Gasteiger partial charge is 0.410 e. The van der Waals surface area contributed by atoms with Gasteiger partial charge >= 0.3 is 6.09 Å². The Bertz CT molecular complexity index is 771. The molecule has 1 amide bonds. The first-order chi connectivity index (χ1) is 12.4. The Balaban J connectivity index is 1.90. The van der Waals surface area contributed by atoms with Crippen LogP contribution >= 0.6 is 15.9 Å². The van der Waals surface area contributed by atoms with E-state index < -0.39 is 15.6 Å². The lowest BCUT2D eigenvalue weighted by atomic mass is 10.1. The maximum absolute atomic E-state index is 12.1. The monoisotopic (exact) mass is 463 g/mol. The molecule has 0 aromatic carbocycles. The van der Waals surface area contributed by atoms with Gasteiger partial charge in [-0.15, -0.1) is 0 Å². The van der Waals surface area contributed by atoms with Crippen LogP contribution in [-0.2, 0) is 26.1 Å². The van der Waals surface area contributed by atoms with Gasteiger partial charge in [-0.1, -0.05) is 0 Å². The number of anilines is 1. The lowest BCUT2D eigenvalue weighted by Crippen LogP contribution is -2.43. The predicted molar refractivity (Wildman–Crippen MR) is 106 cm³/mol. The number of nitrogens with one attached hydrogen (secondary N) is 1. The fourth-order valence-corrected chi connectivity index (χ4v) is 3.54. The molecule has 1 aromatic rings. The predicted octanol–water partition coefficient (Wildman–Crippen LogP) is 3.13. The first-order valence-electron chi connectivity index (χ1n) is 8.66. The van der Waals surface area contributed by atoms with Crippen molar-refractivity contribution in [1.82, 2.24) is 9.88 Å². The van der Waals surface area contributed by atoms with Crippen molar-refractivity contribution in [2.24, 2.45) is 0 Å². The summed E-state index contributed by atoms with van der Waals surface area (Å²) in [5.74, 6) is 0. The molecule has 1 fully saturated rings. The van der Waals surface area contributed by atoms with E-state index in [2.05, 4.69) is 25.6 Å². The summed E-state index contributed by atoms with van der Waals surface area (Å²) in [5.41, 5.74) is 0.385. The molecule has 0 saturated carbocycles. The summed E-state index contributed by atoms with van der Waals surface area (Å²) >= 11 is 3.29. The van der Waals surface area contributed by atoms with Crippen LogP contribution in [0.15, 0.2) is 16.7 Å². The van der Waals surface area contributed by atoms with Crippen molar-refractivity contribution in [3.63, 3.8) is 0 Å². The highest BCUT2D eigenvalue weighted by atomic mass is 79.9. The van der Waals surface area contributed by atoms with Crippen molar-refractivity contribution in [2.45, 2.75) is 51.9 Å². The van der Waals surface area contributed by atoms with Crippen LogP contribution in [0.5, 0.6) is 0 Å². The number of piperidine rings is 1. The number of likely N-dealkylation sites (tertiary alicyclic amines) is 1. The zero-order valence-electron chi connectivity index (χ0n) is 16.0. The molecule has 8 nitrogen and oxygen atoms in total. The van der Waals surface area contributed by atoms with Crippen LogP contribution < -0.4 is 4.72 Å². The number of rotatable bonds is 5. The topological polar surface area (TPSA) is 97.8 Å². The quantitative estimate of drug-likeness (QED) is 0.673. The number of hydrogen-bond donors (Lipinski definition) is 1. The van der Waals surface area contributed by atoms with E-state index in [0.29, 0.717) is 41.9 Å². The molecule has 0 bridgehead atoms. The van der Waals surface area contributed by atoms with Crippen molar-refractivity contribution in [3.05, 3.63) is 22.4 Å². The third-order valence-corrected chi connectivity index (χ3v) is 4.82. The summed E-state index contributed by atoms with van der Waals surface area (Å²) in [6, 6.07) is 3.30. The van der Waals surface area contributed by atoms with Gasteiger partial charge in [-0.3, -0.25) is 4.72 Å². The highest BCUT2D eigenvalue weighted by Crippen LogP contribution is 2.22. The number of carbonyl (C=O) groups is 1. The van der Waals surface area contributed by atoms with Gasteiger partial charge < -0.3 is 14.4 Å². The Morgan fingerprint density at radius 1 is 1.33 bits per heavy atom. The van der Waals surface area contributed by atoms with Crippen LogP contribution in [0.3, 0.4) is 0 Å². The van der Waals surface area contributed by atoms with Gasteiger partial charge in [-0.05, 0) is 61.7 Å². The summed E-state index contributed by atoms with van der Waals surface area (Å²) in [6.07, 6.45) is 2.11. The Morgan fingerprint density at radius 3 is 2.52 bits per heavy atom. The Hall–Kier alpha value is -1.39.